The zero-order valence-electron chi connectivity index (χ0n) is 15.3. The first-order valence-electron chi connectivity index (χ1n) is 8.77. The van der Waals surface area contributed by atoms with Gasteiger partial charge in [-0.25, -0.2) is 8.42 Å². The minimum atomic E-state index is -3.87. The van der Waals surface area contributed by atoms with Crippen molar-refractivity contribution in [1.82, 2.24) is 4.31 Å². The fraction of sp³-hybridized carbons (Fsp3) is 0.611. The Morgan fingerprint density at radius 1 is 1.08 bits per heavy atom. The lowest BCUT2D eigenvalue weighted by Gasteiger charge is -2.32. The van der Waals surface area contributed by atoms with Gasteiger partial charge in [0.05, 0.1) is 26.2 Å². The number of fused-ring (bicyclic) bond motifs is 1. The molecule has 1 saturated heterocycles. The molecule has 0 aromatic heterocycles. The van der Waals surface area contributed by atoms with Crippen molar-refractivity contribution in [3.8, 4) is 11.5 Å². The number of nitrogens with zero attached hydrogens (tertiary/aromatic N) is 1. The smallest absolute Gasteiger partial charge is 0.324 e. The van der Waals surface area contributed by atoms with E-state index in [1.54, 1.807) is 6.07 Å². The Morgan fingerprint density at radius 3 is 2.42 bits per heavy atom. The van der Waals surface area contributed by atoms with Gasteiger partial charge in [0.25, 0.3) is 0 Å². The summed E-state index contributed by atoms with van der Waals surface area (Å²) in [5.41, 5.74) is 0. The summed E-state index contributed by atoms with van der Waals surface area (Å²) < 4.78 is 43.5. The third-order valence-corrected chi connectivity index (χ3v) is 7.36. The highest BCUT2D eigenvalue weighted by molar-refractivity contribution is 7.89. The second kappa shape index (κ2) is 7.44. The van der Waals surface area contributed by atoms with Gasteiger partial charge in [-0.05, 0) is 37.3 Å². The van der Waals surface area contributed by atoms with E-state index >= 15 is 0 Å². The third kappa shape index (κ3) is 3.16. The molecule has 3 unspecified atom stereocenters. The summed E-state index contributed by atoms with van der Waals surface area (Å²) >= 11 is 0. The standard InChI is InChI=1S/C18H25NO6S/c1-23-16-9-8-13(11-17(16)24-2)26(21,22)19-14-7-5-4-6-12(14)10-15(19)18(20)25-3/h8-9,11-12,14-15H,4-7,10H2,1-3H3. The zero-order valence-corrected chi connectivity index (χ0v) is 16.1. The van der Waals surface area contributed by atoms with Crippen LogP contribution in [-0.4, -0.2) is 52.1 Å². The highest BCUT2D eigenvalue weighted by atomic mass is 32.2. The maximum atomic E-state index is 13.4. The number of carbonyl (C=O) groups is 1. The second-order valence-corrected chi connectivity index (χ2v) is 8.58. The molecule has 1 aromatic carbocycles. The molecule has 3 rings (SSSR count). The van der Waals surface area contributed by atoms with Crippen molar-refractivity contribution in [3.63, 3.8) is 0 Å². The van der Waals surface area contributed by atoms with E-state index in [9.17, 15) is 13.2 Å². The zero-order chi connectivity index (χ0) is 18.9. The van der Waals surface area contributed by atoms with Crippen molar-refractivity contribution in [2.45, 2.75) is 49.1 Å². The predicted molar refractivity (Wildman–Crippen MR) is 94.7 cm³/mol. The van der Waals surface area contributed by atoms with Crippen LogP contribution in [0.15, 0.2) is 23.1 Å². The van der Waals surface area contributed by atoms with Crippen LogP contribution < -0.4 is 9.47 Å². The SMILES string of the molecule is COC(=O)C1CC2CCCCC2N1S(=O)(=O)c1ccc(OC)c(OC)c1. The second-order valence-electron chi connectivity index (χ2n) is 6.74. The van der Waals surface area contributed by atoms with E-state index < -0.39 is 22.0 Å². The third-order valence-electron chi connectivity index (χ3n) is 5.43. The Morgan fingerprint density at radius 2 is 1.77 bits per heavy atom. The van der Waals surface area contributed by atoms with Crippen molar-refractivity contribution in [2.24, 2.45) is 5.92 Å². The molecule has 1 aromatic rings. The lowest BCUT2D eigenvalue weighted by Crippen LogP contribution is -2.46. The molecule has 0 bridgehead atoms. The van der Waals surface area contributed by atoms with E-state index in [0.29, 0.717) is 17.9 Å². The van der Waals surface area contributed by atoms with Gasteiger partial charge in [-0.3, -0.25) is 4.79 Å². The fourth-order valence-corrected chi connectivity index (χ4v) is 6.08. The fourth-order valence-electron chi connectivity index (χ4n) is 4.20. The molecule has 8 heteroatoms. The molecule has 0 N–H and O–H groups in total. The largest absolute Gasteiger partial charge is 0.493 e. The number of benzene rings is 1. The summed E-state index contributed by atoms with van der Waals surface area (Å²) in [7, 11) is 0.372. The molecule has 0 spiro atoms. The lowest BCUT2D eigenvalue weighted by atomic mass is 9.85. The number of methoxy groups -OCH3 is 3. The minimum absolute atomic E-state index is 0.0928. The van der Waals surface area contributed by atoms with Gasteiger partial charge in [0.2, 0.25) is 10.0 Å². The lowest BCUT2D eigenvalue weighted by molar-refractivity contribution is -0.144. The Labute approximate surface area is 154 Å². The van der Waals surface area contributed by atoms with Gasteiger partial charge < -0.3 is 14.2 Å². The molecule has 144 valence electrons. The molecular formula is C18H25NO6S. The van der Waals surface area contributed by atoms with Crippen molar-refractivity contribution in [3.05, 3.63) is 18.2 Å². The first-order valence-corrected chi connectivity index (χ1v) is 10.2. The van der Waals surface area contributed by atoms with Crippen LogP contribution in [0.2, 0.25) is 0 Å². The van der Waals surface area contributed by atoms with Gasteiger partial charge in [0.1, 0.15) is 6.04 Å². The number of hydrogen-bond donors (Lipinski definition) is 0. The van der Waals surface area contributed by atoms with Crippen LogP contribution in [-0.2, 0) is 19.6 Å². The summed E-state index contributed by atoms with van der Waals surface area (Å²) in [4.78, 5) is 12.4. The number of esters is 1. The molecule has 7 nitrogen and oxygen atoms in total. The molecule has 0 radical (unpaired) electrons. The highest BCUT2D eigenvalue weighted by Crippen LogP contribution is 2.43. The number of rotatable bonds is 5. The van der Waals surface area contributed by atoms with Crippen LogP contribution in [0.1, 0.15) is 32.1 Å². The van der Waals surface area contributed by atoms with Crippen molar-refractivity contribution in [2.75, 3.05) is 21.3 Å². The Bertz CT molecular complexity index is 778. The van der Waals surface area contributed by atoms with Gasteiger partial charge in [-0.15, -0.1) is 0 Å². The van der Waals surface area contributed by atoms with Crippen LogP contribution in [0.3, 0.4) is 0 Å². The molecule has 0 amide bonds. The quantitative estimate of drug-likeness (QED) is 0.725. The van der Waals surface area contributed by atoms with Gasteiger partial charge in [-0.2, -0.15) is 4.31 Å². The highest BCUT2D eigenvalue weighted by Gasteiger charge is 2.51. The Hall–Kier alpha value is -1.80. The van der Waals surface area contributed by atoms with Gasteiger partial charge in [0, 0.05) is 12.1 Å². The summed E-state index contributed by atoms with van der Waals surface area (Å²) in [5.74, 6) is 0.488. The van der Waals surface area contributed by atoms with E-state index in [-0.39, 0.29) is 16.9 Å². The number of carbonyl (C=O) groups excluding carboxylic acids is 1. The average molecular weight is 383 g/mol. The van der Waals surface area contributed by atoms with E-state index in [0.717, 1.165) is 25.7 Å². The first-order chi connectivity index (χ1) is 12.4. The van der Waals surface area contributed by atoms with E-state index in [1.165, 1.54) is 37.8 Å². The predicted octanol–water partition coefficient (Wildman–Crippen LogP) is 2.20. The maximum absolute atomic E-state index is 13.4. The van der Waals surface area contributed by atoms with E-state index in [2.05, 4.69) is 0 Å². The average Bonchev–Trinajstić information content (AvgIpc) is 3.07. The molecule has 2 fully saturated rings. The normalized spacial score (nSPS) is 26.2. The number of ether oxygens (including phenoxy) is 3. The van der Waals surface area contributed by atoms with Crippen LogP contribution in [0, 0.1) is 5.92 Å². The Kier molecular flexibility index (Phi) is 5.43. The minimum Gasteiger partial charge on any atom is -0.493 e. The summed E-state index contributed by atoms with van der Waals surface area (Å²) in [5, 5.41) is 0. The van der Waals surface area contributed by atoms with Crippen LogP contribution in [0.4, 0.5) is 0 Å². The van der Waals surface area contributed by atoms with Crippen molar-refractivity contribution >= 4 is 16.0 Å². The molecule has 2 aliphatic rings. The number of hydrogen-bond acceptors (Lipinski definition) is 6. The Balaban J connectivity index is 2.03. The van der Waals surface area contributed by atoms with Gasteiger partial charge >= 0.3 is 5.97 Å². The summed E-state index contributed by atoms with van der Waals surface area (Å²) in [6.45, 7) is 0. The monoisotopic (exact) mass is 383 g/mol. The van der Waals surface area contributed by atoms with Gasteiger partial charge in [0.15, 0.2) is 11.5 Å². The molecule has 26 heavy (non-hydrogen) atoms. The summed E-state index contributed by atoms with van der Waals surface area (Å²) in [6, 6.07) is 3.56. The molecule has 1 aliphatic heterocycles. The van der Waals surface area contributed by atoms with Crippen molar-refractivity contribution in [1.29, 1.82) is 0 Å². The van der Waals surface area contributed by atoms with E-state index in [4.69, 9.17) is 14.2 Å². The van der Waals surface area contributed by atoms with E-state index in [1.807, 2.05) is 0 Å². The van der Waals surface area contributed by atoms with Crippen LogP contribution in [0.5, 0.6) is 11.5 Å². The number of sulfonamides is 1. The maximum Gasteiger partial charge on any atom is 0.324 e. The summed E-state index contributed by atoms with van der Waals surface area (Å²) in [6.07, 6.45) is 4.26. The molecule has 1 aliphatic carbocycles. The van der Waals surface area contributed by atoms with Crippen LogP contribution >= 0.6 is 0 Å². The van der Waals surface area contributed by atoms with Gasteiger partial charge in [-0.1, -0.05) is 12.8 Å². The molecular weight excluding hydrogens is 358 g/mol. The topological polar surface area (TPSA) is 82.1 Å². The first kappa shape index (κ1) is 19.0. The molecule has 1 heterocycles. The van der Waals surface area contributed by atoms with Crippen molar-refractivity contribution < 1.29 is 27.4 Å². The molecule has 3 atom stereocenters. The molecule has 1 saturated carbocycles. The van der Waals surface area contributed by atoms with Crippen LogP contribution in [0.25, 0.3) is 0 Å².